The number of nitrogens with zero attached hydrogens (tertiary/aromatic N) is 2. The zero-order valence-corrected chi connectivity index (χ0v) is 17.4. The average molecular weight is 410 g/mol. The van der Waals surface area contributed by atoms with Crippen molar-refractivity contribution in [2.75, 3.05) is 17.7 Å². The van der Waals surface area contributed by atoms with Gasteiger partial charge in [-0.3, -0.25) is 4.79 Å². The zero-order chi connectivity index (χ0) is 20.5. The molecule has 1 amide bonds. The summed E-state index contributed by atoms with van der Waals surface area (Å²) in [5.74, 6) is 1.51. The summed E-state index contributed by atoms with van der Waals surface area (Å²) in [5, 5.41) is 17.7. The summed E-state index contributed by atoms with van der Waals surface area (Å²) < 4.78 is 7.36. The normalized spacial score (nSPS) is 16.1. The Bertz CT molecular complexity index is 1060. The quantitative estimate of drug-likeness (QED) is 0.669. The van der Waals surface area contributed by atoms with E-state index in [2.05, 4.69) is 5.32 Å². The summed E-state index contributed by atoms with van der Waals surface area (Å²) in [6, 6.07) is 13.4. The van der Waals surface area contributed by atoms with Gasteiger partial charge < -0.3 is 15.2 Å². The van der Waals surface area contributed by atoms with Crippen molar-refractivity contribution in [2.45, 2.75) is 26.0 Å². The van der Waals surface area contributed by atoms with Crippen LogP contribution in [0.3, 0.4) is 0 Å². The van der Waals surface area contributed by atoms with E-state index in [9.17, 15) is 9.90 Å². The van der Waals surface area contributed by atoms with Gasteiger partial charge in [0.05, 0.1) is 29.0 Å². The molecule has 1 aliphatic rings. The van der Waals surface area contributed by atoms with Crippen LogP contribution in [0.2, 0.25) is 0 Å². The van der Waals surface area contributed by atoms with E-state index >= 15 is 0 Å². The molecule has 0 saturated carbocycles. The molecule has 1 atom stereocenters. The number of carbonyl (C=O) groups is 1. The van der Waals surface area contributed by atoms with Crippen molar-refractivity contribution in [1.82, 2.24) is 9.78 Å². The van der Waals surface area contributed by atoms with Crippen molar-refractivity contribution in [3.05, 3.63) is 64.8 Å². The van der Waals surface area contributed by atoms with Crippen molar-refractivity contribution in [3.8, 4) is 17.2 Å². The van der Waals surface area contributed by atoms with Crippen LogP contribution in [-0.2, 0) is 4.79 Å². The molecule has 0 fully saturated rings. The lowest BCUT2D eigenvalue weighted by molar-refractivity contribution is -0.113. The minimum atomic E-state index is -0.108. The molecule has 0 unspecified atom stereocenters. The van der Waals surface area contributed by atoms with E-state index in [0.717, 1.165) is 28.1 Å². The number of aromatic hydroxyl groups is 1. The number of amides is 1. The highest BCUT2D eigenvalue weighted by atomic mass is 32.2. The molecule has 1 aromatic heterocycles. The molecular weight excluding hydrogens is 386 g/mol. The molecule has 4 rings (SSSR count). The van der Waals surface area contributed by atoms with Crippen molar-refractivity contribution in [2.24, 2.45) is 0 Å². The van der Waals surface area contributed by atoms with Gasteiger partial charge in [-0.05, 0) is 50.6 Å². The van der Waals surface area contributed by atoms with E-state index in [1.807, 2.05) is 57.2 Å². The summed E-state index contributed by atoms with van der Waals surface area (Å²) in [6.07, 6.45) is 0. The number of thioether (sulfide) groups is 1. The van der Waals surface area contributed by atoms with Gasteiger partial charge in [0.1, 0.15) is 5.82 Å². The minimum Gasteiger partial charge on any atom is -0.504 e. The molecule has 0 radical (unpaired) electrons. The molecule has 0 spiro atoms. The van der Waals surface area contributed by atoms with Crippen LogP contribution in [0.15, 0.2) is 42.5 Å². The van der Waals surface area contributed by atoms with Crippen molar-refractivity contribution in [3.63, 3.8) is 0 Å². The monoisotopic (exact) mass is 409 g/mol. The van der Waals surface area contributed by atoms with Gasteiger partial charge >= 0.3 is 0 Å². The standard InChI is InChI=1S/C22H23N3O3S/c1-4-28-18-11-15(7-10-17(18)26)21-20-14(3)24-25(16-8-5-13(2)6-9-16)22(20)23-19(27)12-29-21/h5-11,21,26H,4,12H2,1-3H3,(H,23,27)/t21-/m1/s1. The molecular formula is C22H23N3O3S. The Kier molecular flexibility index (Phi) is 5.24. The molecule has 2 N–H and O–H groups in total. The highest BCUT2D eigenvalue weighted by Gasteiger charge is 2.31. The number of phenolic OH excluding ortho intramolecular Hbond substituents is 1. The molecule has 3 aromatic rings. The second kappa shape index (κ2) is 7.83. The van der Waals surface area contributed by atoms with Crippen molar-refractivity contribution < 1.29 is 14.6 Å². The Morgan fingerprint density at radius 2 is 2.00 bits per heavy atom. The number of carbonyl (C=O) groups excluding carboxylic acids is 1. The fraction of sp³-hybridized carbons (Fsp3) is 0.273. The van der Waals surface area contributed by atoms with Gasteiger partial charge in [-0.15, -0.1) is 11.8 Å². The first-order valence-electron chi connectivity index (χ1n) is 9.51. The maximum Gasteiger partial charge on any atom is 0.235 e. The number of rotatable bonds is 4. The Morgan fingerprint density at radius 1 is 1.24 bits per heavy atom. The smallest absolute Gasteiger partial charge is 0.235 e. The molecule has 150 valence electrons. The SMILES string of the molecule is CCOc1cc([C@H]2SCC(=O)Nc3c2c(C)nn3-c2ccc(C)cc2)ccc1O. The number of fused-ring (bicyclic) bond motifs is 1. The zero-order valence-electron chi connectivity index (χ0n) is 16.6. The van der Waals surface area contributed by atoms with Crippen LogP contribution < -0.4 is 10.1 Å². The number of aryl methyl sites for hydroxylation is 2. The Labute approximate surface area is 173 Å². The van der Waals surface area contributed by atoms with Crippen molar-refractivity contribution in [1.29, 1.82) is 0 Å². The molecule has 29 heavy (non-hydrogen) atoms. The maximum atomic E-state index is 12.5. The van der Waals surface area contributed by atoms with Crippen LogP contribution in [0.25, 0.3) is 5.69 Å². The second-order valence-electron chi connectivity index (χ2n) is 6.99. The minimum absolute atomic E-state index is 0.0594. The van der Waals surface area contributed by atoms with Gasteiger partial charge in [-0.2, -0.15) is 5.10 Å². The highest BCUT2D eigenvalue weighted by molar-refractivity contribution is 8.00. The fourth-order valence-electron chi connectivity index (χ4n) is 3.48. The van der Waals surface area contributed by atoms with Crippen LogP contribution in [0.1, 0.15) is 34.6 Å². The predicted octanol–water partition coefficient (Wildman–Crippen LogP) is 4.37. The number of aromatic nitrogens is 2. The summed E-state index contributed by atoms with van der Waals surface area (Å²) in [5.41, 5.74) is 4.83. The highest BCUT2D eigenvalue weighted by Crippen LogP contribution is 2.45. The molecule has 0 aliphatic carbocycles. The molecule has 1 aliphatic heterocycles. The van der Waals surface area contributed by atoms with Crippen LogP contribution >= 0.6 is 11.8 Å². The van der Waals surface area contributed by atoms with Gasteiger partial charge in [0.2, 0.25) is 5.91 Å². The van der Waals surface area contributed by atoms with E-state index in [0.29, 0.717) is 23.9 Å². The average Bonchev–Trinajstić information content (AvgIpc) is 2.90. The number of hydrogen-bond donors (Lipinski definition) is 2. The Morgan fingerprint density at radius 3 is 2.72 bits per heavy atom. The molecule has 2 heterocycles. The second-order valence-corrected chi connectivity index (χ2v) is 8.09. The maximum absolute atomic E-state index is 12.5. The van der Waals surface area contributed by atoms with Gasteiger partial charge in [0.25, 0.3) is 0 Å². The van der Waals surface area contributed by atoms with E-state index in [4.69, 9.17) is 9.84 Å². The molecule has 0 saturated heterocycles. The first-order valence-corrected chi connectivity index (χ1v) is 10.6. The lowest BCUT2D eigenvalue weighted by Crippen LogP contribution is -2.15. The Balaban J connectivity index is 1.85. The molecule has 0 bridgehead atoms. The van der Waals surface area contributed by atoms with Gasteiger partial charge in [-0.1, -0.05) is 23.8 Å². The third-order valence-corrected chi connectivity index (χ3v) is 6.14. The van der Waals surface area contributed by atoms with E-state index in [1.54, 1.807) is 22.5 Å². The lowest BCUT2D eigenvalue weighted by atomic mass is 10.0. The van der Waals surface area contributed by atoms with Crippen LogP contribution in [0.5, 0.6) is 11.5 Å². The number of ether oxygens (including phenoxy) is 1. The number of benzene rings is 2. The number of phenols is 1. The lowest BCUT2D eigenvalue weighted by Gasteiger charge is -2.17. The number of hydrogen-bond acceptors (Lipinski definition) is 5. The first-order chi connectivity index (χ1) is 14.0. The largest absolute Gasteiger partial charge is 0.504 e. The topological polar surface area (TPSA) is 76.4 Å². The predicted molar refractivity (Wildman–Crippen MR) is 115 cm³/mol. The molecule has 2 aromatic carbocycles. The first kappa shape index (κ1) is 19.4. The molecule has 6 nitrogen and oxygen atoms in total. The number of anilines is 1. The van der Waals surface area contributed by atoms with Gasteiger partial charge in [0.15, 0.2) is 11.5 Å². The van der Waals surface area contributed by atoms with E-state index < -0.39 is 0 Å². The Hall–Kier alpha value is -2.93. The summed E-state index contributed by atoms with van der Waals surface area (Å²) >= 11 is 1.54. The van der Waals surface area contributed by atoms with E-state index in [1.165, 1.54) is 0 Å². The summed E-state index contributed by atoms with van der Waals surface area (Å²) in [7, 11) is 0. The third kappa shape index (κ3) is 3.70. The van der Waals surface area contributed by atoms with Crippen LogP contribution in [0, 0.1) is 13.8 Å². The summed E-state index contributed by atoms with van der Waals surface area (Å²) in [6.45, 7) is 6.33. The van der Waals surface area contributed by atoms with Crippen molar-refractivity contribution >= 4 is 23.5 Å². The number of nitrogens with one attached hydrogen (secondary N) is 1. The van der Waals surface area contributed by atoms with Crippen LogP contribution in [-0.4, -0.2) is 33.2 Å². The van der Waals surface area contributed by atoms with E-state index in [-0.39, 0.29) is 16.9 Å². The molecule has 7 heteroatoms. The van der Waals surface area contributed by atoms with Crippen LogP contribution in [0.4, 0.5) is 5.82 Å². The third-order valence-electron chi connectivity index (χ3n) is 4.87. The summed E-state index contributed by atoms with van der Waals surface area (Å²) in [4.78, 5) is 12.5. The fourth-order valence-corrected chi connectivity index (χ4v) is 4.66. The van der Waals surface area contributed by atoms with Gasteiger partial charge in [-0.25, -0.2) is 4.68 Å². The van der Waals surface area contributed by atoms with Gasteiger partial charge in [0, 0.05) is 5.56 Å².